The van der Waals surface area contributed by atoms with Crippen LogP contribution in [0.4, 0.5) is 0 Å². The summed E-state index contributed by atoms with van der Waals surface area (Å²) in [5.74, 6) is -1.90. The van der Waals surface area contributed by atoms with Gasteiger partial charge in [0.15, 0.2) is 0 Å². The number of carboxylic acid groups (broad SMARTS) is 2. The lowest BCUT2D eigenvalue weighted by molar-refractivity contribution is -0.138. The fourth-order valence-corrected chi connectivity index (χ4v) is 0.391. The molecule has 0 bridgehead atoms. The van der Waals surface area contributed by atoms with Crippen molar-refractivity contribution in [2.45, 2.75) is 19.3 Å². The van der Waals surface area contributed by atoms with Gasteiger partial charge in [-0.3, -0.25) is 9.59 Å². The van der Waals surface area contributed by atoms with Crippen LogP contribution in [0.3, 0.4) is 0 Å². The zero-order chi connectivity index (χ0) is 14.4. The van der Waals surface area contributed by atoms with E-state index in [9.17, 15) is 9.59 Å². The second-order valence-corrected chi connectivity index (χ2v) is 4.32. The van der Waals surface area contributed by atoms with Crippen molar-refractivity contribution in [2.75, 3.05) is 42.3 Å². The lowest BCUT2D eigenvalue weighted by Gasteiger charge is -1.90. The Bertz CT molecular complexity index is 168. The zero-order valence-corrected chi connectivity index (χ0v) is 11.7. The molecule has 0 aromatic carbocycles. The lowest BCUT2D eigenvalue weighted by Crippen LogP contribution is -1.99. The topological polar surface area (TPSA) is 81.1 Å². The summed E-state index contributed by atoms with van der Waals surface area (Å²) < 4.78 is 0. The molecule has 0 aromatic heterocycles. The fourth-order valence-electron chi connectivity index (χ4n) is 0.391. The van der Waals surface area contributed by atoms with E-state index in [0.717, 1.165) is 0 Å². The van der Waals surface area contributed by atoms with E-state index in [1.165, 1.54) is 0 Å². The summed E-state index contributed by atoms with van der Waals surface area (Å²) >= 11 is 0. The summed E-state index contributed by atoms with van der Waals surface area (Å²) in [5, 5.41) is 16.1. The Kier molecular flexibility index (Phi) is 18.5. The summed E-state index contributed by atoms with van der Waals surface area (Å²) in [6.45, 7) is 0. The molecule has 0 saturated carbocycles. The third-order valence-electron chi connectivity index (χ3n) is 0.781. The lowest BCUT2D eigenvalue weighted by atomic mass is 10.2. The van der Waals surface area contributed by atoms with Crippen molar-refractivity contribution >= 4 is 11.9 Å². The SMILES string of the molecule is CN(C)C.CN(C)C.O=C(O)CCCC(=O)O. The van der Waals surface area contributed by atoms with E-state index in [1.807, 2.05) is 52.1 Å². The Labute approximate surface area is 104 Å². The molecule has 0 saturated heterocycles. The number of nitrogens with zero attached hydrogens (tertiary/aromatic N) is 2. The van der Waals surface area contributed by atoms with Crippen molar-refractivity contribution in [1.29, 1.82) is 0 Å². The van der Waals surface area contributed by atoms with E-state index in [0.29, 0.717) is 0 Å². The summed E-state index contributed by atoms with van der Waals surface area (Å²) in [4.78, 5) is 23.6. The molecule has 2 N–H and O–H groups in total. The smallest absolute Gasteiger partial charge is 0.303 e. The number of carboxylic acids is 2. The van der Waals surface area contributed by atoms with Gasteiger partial charge < -0.3 is 20.0 Å². The van der Waals surface area contributed by atoms with Gasteiger partial charge in [0.05, 0.1) is 0 Å². The summed E-state index contributed by atoms with van der Waals surface area (Å²) in [6.07, 6.45) is 0.0866. The third kappa shape index (κ3) is 104. The molecule has 0 rings (SSSR count). The minimum Gasteiger partial charge on any atom is -0.481 e. The molecule has 0 aliphatic heterocycles. The van der Waals surface area contributed by atoms with E-state index < -0.39 is 11.9 Å². The molecule has 17 heavy (non-hydrogen) atoms. The highest BCUT2D eigenvalue weighted by Gasteiger charge is 1.99. The Morgan fingerprint density at radius 2 is 0.941 bits per heavy atom. The van der Waals surface area contributed by atoms with Gasteiger partial charge in [-0.1, -0.05) is 0 Å². The summed E-state index contributed by atoms with van der Waals surface area (Å²) in [5.41, 5.74) is 0. The van der Waals surface area contributed by atoms with Crippen molar-refractivity contribution < 1.29 is 19.8 Å². The van der Waals surface area contributed by atoms with E-state index in [1.54, 1.807) is 0 Å². The minimum absolute atomic E-state index is 0.0632. The molecule has 0 amide bonds. The summed E-state index contributed by atoms with van der Waals surface area (Å²) in [6, 6.07) is 0. The molecule has 6 heteroatoms. The van der Waals surface area contributed by atoms with Gasteiger partial charge in [-0.25, -0.2) is 0 Å². The Morgan fingerprint density at radius 3 is 1.06 bits per heavy atom. The molecule has 0 aliphatic carbocycles. The van der Waals surface area contributed by atoms with Crippen LogP contribution >= 0.6 is 0 Å². The van der Waals surface area contributed by atoms with Crippen LogP contribution < -0.4 is 0 Å². The molecular weight excluding hydrogens is 224 g/mol. The maximum absolute atomic E-state index is 9.79. The Hall–Kier alpha value is -1.14. The first-order valence-electron chi connectivity index (χ1n) is 5.25. The van der Waals surface area contributed by atoms with Gasteiger partial charge in [0.2, 0.25) is 0 Å². The monoisotopic (exact) mass is 250 g/mol. The van der Waals surface area contributed by atoms with Crippen molar-refractivity contribution in [3.63, 3.8) is 0 Å². The molecule has 0 heterocycles. The van der Waals surface area contributed by atoms with Gasteiger partial charge in [-0.2, -0.15) is 0 Å². The molecule has 0 fully saturated rings. The third-order valence-corrected chi connectivity index (χ3v) is 0.781. The van der Waals surface area contributed by atoms with Crippen LogP contribution in [0.2, 0.25) is 0 Å². The second-order valence-electron chi connectivity index (χ2n) is 4.32. The van der Waals surface area contributed by atoms with Gasteiger partial charge in [-0.05, 0) is 48.7 Å². The van der Waals surface area contributed by atoms with Crippen molar-refractivity contribution in [3.8, 4) is 0 Å². The highest BCUT2D eigenvalue weighted by Crippen LogP contribution is 1.93. The maximum Gasteiger partial charge on any atom is 0.303 e. The summed E-state index contributed by atoms with van der Waals surface area (Å²) in [7, 11) is 12.0. The van der Waals surface area contributed by atoms with Crippen LogP contribution in [-0.4, -0.2) is 74.2 Å². The molecule has 0 atom stereocenters. The van der Waals surface area contributed by atoms with Crippen LogP contribution in [0.25, 0.3) is 0 Å². The molecule has 0 aromatic rings. The molecule has 0 unspecified atom stereocenters. The number of aliphatic carboxylic acids is 2. The quantitative estimate of drug-likeness (QED) is 0.763. The van der Waals surface area contributed by atoms with Crippen LogP contribution in [0, 0.1) is 0 Å². The van der Waals surface area contributed by atoms with Gasteiger partial charge in [0.25, 0.3) is 0 Å². The van der Waals surface area contributed by atoms with Crippen LogP contribution in [0.5, 0.6) is 0 Å². The van der Waals surface area contributed by atoms with Crippen molar-refractivity contribution in [3.05, 3.63) is 0 Å². The van der Waals surface area contributed by atoms with E-state index in [-0.39, 0.29) is 19.3 Å². The van der Waals surface area contributed by atoms with Gasteiger partial charge >= 0.3 is 11.9 Å². The molecular formula is C11H26N2O4. The Balaban J connectivity index is -0.000000205. The van der Waals surface area contributed by atoms with E-state index in [4.69, 9.17) is 10.2 Å². The average Bonchev–Trinajstić information content (AvgIpc) is 1.99. The molecule has 0 spiro atoms. The van der Waals surface area contributed by atoms with Crippen LogP contribution in [-0.2, 0) is 9.59 Å². The average molecular weight is 250 g/mol. The maximum atomic E-state index is 9.79. The van der Waals surface area contributed by atoms with Crippen molar-refractivity contribution in [1.82, 2.24) is 9.80 Å². The zero-order valence-electron chi connectivity index (χ0n) is 11.7. The number of hydrogen-bond donors (Lipinski definition) is 2. The van der Waals surface area contributed by atoms with Crippen LogP contribution in [0.15, 0.2) is 0 Å². The first-order valence-corrected chi connectivity index (χ1v) is 5.25. The number of carbonyl (C=O) groups is 2. The molecule has 6 nitrogen and oxygen atoms in total. The van der Waals surface area contributed by atoms with E-state index in [2.05, 4.69) is 0 Å². The molecule has 104 valence electrons. The second kappa shape index (κ2) is 14.9. The first kappa shape index (κ1) is 21.2. The molecule has 0 aliphatic rings. The number of hydrogen-bond acceptors (Lipinski definition) is 4. The predicted molar refractivity (Wildman–Crippen MR) is 68.3 cm³/mol. The van der Waals surface area contributed by atoms with Gasteiger partial charge in [-0.15, -0.1) is 0 Å². The van der Waals surface area contributed by atoms with E-state index >= 15 is 0 Å². The largest absolute Gasteiger partial charge is 0.481 e. The standard InChI is InChI=1S/C5H8O4.2C3H9N/c6-4(7)2-1-3-5(8)9;2*1-4(2)3/h1-3H2,(H,6,7)(H,8,9);2*1-3H3. The minimum atomic E-state index is -0.948. The first-order chi connectivity index (χ1) is 7.59. The fraction of sp³-hybridized carbons (Fsp3) is 0.818. The Morgan fingerprint density at radius 1 is 0.765 bits per heavy atom. The van der Waals surface area contributed by atoms with Crippen molar-refractivity contribution in [2.24, 2.45) is 0 Å². The van der Waals surface area contributed by atoms with Gasteiger partial charge in [0.1, 0.15) is 0 Å². The molecule has 0 radical (unpaired) electrons. The number of rotatable bonds is 4. The van der Waals surface area contributed by atoms with Gasteiger partial charge in [0, 0.05) is 12.8 Å². The van der Waals surface area contributed by atoms with Crippen LogP contribution in [0.1, 0.15) is 19.3 Å². The highest BCUT2D eigenvalue weighted by molar-refractivity contribution is 5.69. The predicted octanol–water partition coefficient (Wildman–Crippen LogP) is 0.682. The normalized spacial score (nSPS) is 8.94. The highest BCUT2D eigenvalue weighted by atomic mass is 16.4.